The fourth-order valence-electron chi connectivity index (χ4n) is 3.00. The first kappa shape index (κ1) is 27.2. The number of rotatable bonds is 11. The number of amides is 2. The number of carbonyl (C=O) groups is 2. The Morgan fingerprint density at radius 2 is 1.85 bits per heavy atom. The van der Waals surface area contributed by atoms with Crippen LogP contribution in [0.4, 0.5) is 5.69 Å². The second-order valence-electron chi connectivity index (χ2n) is 7.95. The SMILES string of the molecule is COc1cc(OCC(=O)N(Cc2ccc(Cl)cc2Cl)C(C)C(=O)NCC(C)C)ccc1[N+](=O)[O-]. The van der Waals surface area contributed by atoms with Crippen molar-refractivity contribution in [3.63, 3.8) is 0 Å². The molecular formula is C23H27Cl2N3O6. The first-order chi connectivity index (χ1) is 16.0. The predicted molar refractivity (Wildman–Crippen MR) is 129 cm³/mol. The number of benzene rings is 2. The Balaban J connectivity index is 2.22. The van der Waals surface area contributed by atoms with Gasteiger partial charge in [-0.25, -0.2) is 0 Å². The van der Waals surface area contributed by atoms with Crippen molar-refractivity contribution < 1.29 is 24.0 Å². The Hall–Kier alpha value is -3.04. The molecule has 0 aliphatic heterocycles. The van der Waals surface area contributed by atoms with Gasteiger partial charge in [-0.05, 0) is 36.6 Å². The molecule has 1 atom stereocenters. The van der Waals surface area contributed by atoms with Crippen LogP contribution in [-0.4, -0.2) is 47.9 Å². The highest BCUT2D eigenvalue weighted by molar-refractivity contribution is 6.35. The molecule has 0 saturated carbocycles. The molecule has 1 unspecified atom stereocenters. The minimum atomic E-state index is -0.812. The summed E-state index contributed by atoms with van der Waals surface area (Å²) < 4.78 is 10.6. The van der Waals surface area contributed by atoms with Crippen LogP contribution in [0.25, 0.3) is 0 Å². The molecule has 34 heavy (non-hydrogen) atoms. The third kappa shape index (κ3) is 7.50. The Kier molecular flexibility index (Phi) is 9.95. The standard InChI is InChI=1S/C23H27Cl2N3O6/c1-14(2)11-26-23(30)15(3)27(12-16-5-6-17(24)9-19(16)25)22(29)13-34-18-7-8-20(28(31)32)21(10-18)33-4/h5-10,14-15H,11-13H2,1-4H3,(H,26,30). The first-order valence-corrected chi connectivity index (χ1v) is 11.2. The van der Waals surface area contributed by atoms with Crippen LogP contribution in [0.15, 0.2) is 36.4 Å². The van der Waals surface area contributed by atoms with Gasteiger partial charge in [-0.15, -0.1) is 0 Å². The molecular weight excluding hydrogens is 485 g/mol. The van der Waals surface area contributed by atoms with Crippen LogP contribution in [0, 0.1) is 16.0 Å². The van der Waals surface area contributed by atoms with Crippen LogP contribution in [0.1, 0.15) is 26.3 Å². The van der Waals surface area contributed by atoms with E-state index < -0.39 is 23.5 Å². The van der Waals surface area contributed by atoms with Gasteiger partial charge in [0.05, 0.1) is 12.0 Å². The number of nitro groups is 1. The van der Waals surface area contributed by atoms with Gasteiger partial charge < -0.3 is 19.7 Å². The van der Waals surface area contributed by atoms with Gasteiger partial charge in [0.2, 0.25) is 11.7 Å². The van der Waals surface area contributed by atoms with Gasteiger partial charge in [-0.2, -0.15) is 0 Å². The van der Waals surface area contributed by atoms with Gasteiger partial charge >= 0.3 is 5.69 Å². The van der Waals surface area contributed by atoms with Crippen LogP contribution < -0.4 is 14.8 Å². The number of carbonyl (C=O) groups excluding carboxylic acids is 2. The zero-order valence-corrected chi connectivity index (χ0v) is 20.9. The Labute approximate surface area is 208 Å². The molecule has 0 bridgehead atoms. The van der Waals surface area contributed by atoms with E-state index in [1.165, 1.54) is 30.2 Å². The monoisotopic (exact) mass is 511 g/mol. The summed E-state index contributed by atoms with van der Waals surface area (Å²) in [6, 6.07) is 8.00. The second-order valence-corrected chi connectivity index (χ2v) is 8.80. The Morgan fingerprint density at radius 3 is 2.44 bits per heavy atom. The van der Waals surface area contributed by atoms with Crippen LogP contribution in [0.3, 0.4) is 0 Å². The summed E-state index contributed by atoms with van der Waals surface area (Å²) in [5.74, 6) is -0.343. The number of halogens is 2. The Bertz CT molecular complexity index is 1050. The van der Waals surface area contributed by atoms with E-state index >= 15 is 0 Å². The minimum Gasteiger partial charge on any atom is -0.490 e. The maximum absolute atomic E-state index is 13.1. The lowest BCUT2D eigenvalue weighted by Crippen LogP contribution is -2.49. The highest BCUT2D eigenvalue weighted by Gasteiger charge is 2.27. The van der Waals surface area contributed by atoms with Gasteiger partial charge in [-0.3, -0.25) is 19.7 Å². The lowest BCUT2D eigenvalue weighted by Gasteiger charge is -2.29. The first-order valence-electron chi connectivity index (χ1n) is 10.5. The summed E-state index contributed by atoms with van der Waals surface area (Å²) in [6.45, 7) is 5.66. The summed E-state index contributed by atoms with van der Waals surface area (Å²) in [4.78, 5) is 37.7. The Morgan fingerprint density at radius 1 is 1.15 bits per heavy atom. The molecule has 0 saturated heterocycles. The smallest absolute Gasteiger partial charge is 0.311 e. The molecule has 0 radical (unpaired) electrons. The highest BCUT2D eigenvalue weighted by atomic mass is 35.5. The van der Waals surface area contributed by atoms with E-state index in [9.17, 15) is 19.7 Å². The lowest BCUT2D eigenvalue weighted by molar-refractivity contribution is -0.385. The number of nitro benzene ring substituents is 1. The lowest BCUT2D eigenvalue weighted by atomic mass is 10.1. The second kappa shape index (κ2) is 12.4. The van der Waals surface area contributed by atoms with Crippen molar-refractivity contribution in [3.8, 4) is 11.5 Å². The predicted octanol–water partition coefficient (Wildman–Crippen LogP) is 4.48. The maximum Gasteiger partial charge on any atom is 0.311 e. The fraction of sp³-hybridized carbons (Fsp3) is 0.391. The van der Waals surface area contributed by atoms with E-state index in [0.29, 0.717) is 22.2 Å². The summed E-state index contributed by atoms with van der Waals surface area (Å²) in [5.41, 5.74) is 0.385. The average Bonchev–Trinajstić information content (AvgIpc) is 2.79. The third-order valence-electron chi connectivity index (χ3n) is 4.92. The fourth-order valence-corrected chi connectivity index (χ4v) is 3.46. The number of methoxy groups -OCH3 is 1. The summed E-state index contributed by atoms with van der Waals surface area (Å²) in [6.07, 6.45) is 0. The van der Waals surface area contributed by atoms with Crippen LogP contribution in [-0.2, 0) is 16.1 Å². The normalized spacial score (nSPS) is 11.6. The molecule has 184 valence electrons. The molecule has 0 aromatic heterocycles. The molecule has 0 heterocycles. The highest BCUT2D eigenvalue weighted by Crippen LogP contribution is 2.31. The van der Waals surface area contributed by atoms with Gasteiger partial charge in [0, 0.05) is 35.3 Å². The number of ether oxygens (including phenoxy) is 2. The van der Waals surface area contributed by atoms with E-state index in [4.69, 9.17) is 32.7 Å². The molecule has 0 spiro atoms. The van der Waals surface area contributed by atoms with Crippen molar-refractivity contribution in [2.75, 3.05) is 20.3 Å². The molecule has 1 N–H and O–H groups in total. The van der Waals surface area contributed by atoms with E-state index in [1.54, 1.807) is 25.1 Å². The number of hydrogen-bond acceptors (Lipinski definition) is 6. The van der Waals surface area contributed by atoms with Crippen molar-refractivity contribution >= 4 is 40.7 Å². The number of nitrogens with zero attached hydrogens (tertiary/aromatic N) is 2. The van der Waals surface area contributed by atoms with E-state index in [2.05, 4.69) is 5.32 Å². The van der Waals surface area contributed by atoms with Gasteiger partial charge in [0.15, 0.2) is 6.61 Å². The molecule has 0 aliphatic carbocycles. The van der Waals surface area contributed by atoms with Crippen molar-refractivity contribution in [2.24, 2.45) is 5.92 Å². The molecule has 0 fully saturated rings. The van der Waals surface area contributed by atoms with Crippen LogP contribution >= 0.6 is 23.2 Å². The average molecular weight is 512 g/mol. The minimum absolute atomic E-state index is 0.00109. The topological polar surface area (TPSA) is 111 Å². The van der Waals surface area contributed by atoms with Crippen molar-refractivity contribution in [3.05, 3.63) is 62.1 Å². The molecule has 0 aliphatic rings. The summed E-state index contributed by atoms with van der Waals surface area (Å²) in [7, 11) is 1.30. The van der Waals surface area contributed by atoms with Gasteiger partial charge in [0.1, 0.15) is 11.8 Å². The van der Waals surface area contributed by atoms with E-state index in [0.717, 1.165) is 0 Å². The summed E-state index contributed by atoms with van der Waals surface area (Å²) >= 11 is 12.3. The van der Waals surface area contributed by atoms with Crippen LogP contribution in [0.5, 0.6) is 11.5 Å². The van der Waals surface area contributed by atoms with Gasteiger partial charge in [-0.1, -0.05) is 43.1 Å². The van der Waals surface area contributed by atoms with Crippen molar-refractivity contribution in [1.29, 1.82) is 0 Å². The quantitative estimate of drug-likeness (QED) is 0.351. The van der Waals surface area contributed by atoms with Crippen LogP contribution in [0.2, 0.25) is 10.0 Å². The third-order valence-corrected chi connectivity index (χ3v) is 5.50. The molecule has 2 aromatic rings. The van der Waals surface area contributed by atoms with Gasteiger partial charge in [0.25, 0.3) is 5.91 Å². The molecule has 2 amide bonds. The summed E-state index contributed by atoms with van der Waals surface area (Å²) in [5, 5.41) is 14.7. The molecule has 2 aromatic carbocycles. The number of nitrogens with one attached hydrogen (secondary N) is 1. The van der Waals surface area contributed by atoms with Crippen molar-refractivity contribution in [1.82, 2.24) is 10.2 Å². The maximum atomic E-state index is 13.1. The van der Waals surface area contributed by atoms with E-state index in [1.807, 2.05) is 13.8 Å². The zero-order valence-electron chi connectivity index (χ0n) is 19.3. The zero-order chi connectivity index (χ0) is 25.4. The molecule has 11 heteroatoms. The van der Waals surface area contributed by atoms with E-state index in [-0.39, 0.29) is 35.6 Å². The number of hydrogen-bond donors (Lipinski definition) is 1. The largest absolute Gasteiger partial charge is 0.490 e. The molecule has 2 rings (SSSR count). The van der Waals surface area contributed by atoms with Crippen molar-refractivity contribution in [2.45, 2.75) is 33.4 Å². The molecule has 9 nitrogen and oxygen atoms in total.